The molecule has 0 aliphatic carbocycles. The smallest absolute Gasteiger partial charge is 0.291 e. The molecule has 1 atom stereocenters. The van der Waals surface area contributed by atoms with Crippen LogP contribution in [0.3, 0.4) is 0 Å². The number of carbonyl (C=O) groups is 1. The van der Waals surface area contributed by atoms with Gasteiger partial charge in [-0.15, -0.1) is 0 Å². The van der Waals surface area contributed by atoms with Gasteiger partial charge in [-0.25, -0.2) is 5.21 Å². The standard InChI is InChI=1S/C18H16N2O7/c1-9-16(22)12-5-3-10(21)7-15(12)27-17(9)18(23)19-13-6-4-11(26-2)8-14(13)20(24)25/h3-8,20-21,24H,1-2H3,(H,19,23). The van der Waals surface area contributed by atoms with Gasteiger partial charge in [0, 0.05) is 17.7 Å². The number of ether oxygens (including phenoxy) is 1. The van der Waals surface area contributed by atoms with Crippen LogP contribution in [0.1, 0.15) is 16.1 Å². The molecule has 0 saturated heterocycles. The van der Waals surface area contributed by atoms with Crippen LogP contribution in [0.2, 0.25) is 0 Å². The highest BCUT2D eigenvalue weighted by molar-refractivity contribution is 6.05. The molecule has 1 aromatic heterocycles. The van der Waals surface area contributed by atoms with E-state index in [2.05, 4.69) is 5.32 Å². The van der Waals surface area contributed by atoms with Gasteiger partial charge >= 0.3 is 0 Å². The lowest BCUT2D eigenvalue weighted by molar-refractivity contribution is -0.990. The predicted molar refractivity (Wildman–Crippen MR) is 95.6 cm³/mol. The van der Waals surface area contributed by atoms with Gasteiger partial charge in [0.1, 0.15) is 22.8 Å². The minimum Gasteiger partial charge on any atom is -0.595 e. The number of aromatic hydroxyl groups is 1. The number of nitrogens with one attached hydrogen (secondary N) is 2. The Labute approximate surface area is 152 Å². The molecule has 1 unspecified atom stereocenters. The number of fused-ring (bicyclic) bond motifs is 1. The van der Waals surface area contributed by atoms with Crippen molar-refractivity contribution in [2.45, 2.75) is 6.92 Å². The minimum atomic E-state index is -1.26. The summed E-state index contributed by atoms with van der Waals surface area (Å²) in [5, 5.41) is 31.7. The molecule has 0 aliphatic rings. The SMILES string of the molecule is COc1ccc(NC(=O)c2oc3cc(O)ccc3c(=O)c2C)c([NH+]([O-])O)c1. The van der Waals surface area contributed by atoms with Crippen molar-refractivity contribution in [3.63, 3.8) is 0 Å². The number of quaternary nitrogens is 1. The molecule has 0 bridgehead atoms. The van der Waals surface area contributed by atoms with Gasteiger partial charge in [-0.05, 0) is 31.2 Å². The second kappa shape index (κ2) is 7.08. The fraction of sp³-hybridized carbons (Fsp3) is 0.111. The van der Waals surface area contributed by atoms with Crippen LogP contribution in [-0.4, -0.2) is 23.3 Å². The second-order valence-corrected chi connectivity index (χ2v) is 5.74. The highest BCUT2D eigenvalue weighted by Crippen LogP contribution is 2.25. The Morgan fingerprint density at radius 2 is 2.00 bits per heavy atom. The zero-order valence-electron chi connectivity index (χ0n) is 14.4. The number of phenols is 1. The molecular formula is C18H16N2O7. The summed E-state index contributed by atoms with van der Waals surface area (Å²) in [5.74, 6) is -0.869. The molecule has 3 aromatic rings. The Balaban J connectivity index is 2.05. The quantitative estimate of drug-likeness (QED) is 0.509. The Hall–Kier alpha value is -3.40. The number of hydrogen-bond donors (Lipinski definition) is 4. The van der Waals surface area contributed by atoms with Crippen molar-refractivity contribution in [3.05, 3.63) is 63.2 Å². The van der Waals surface area contributed by atoms with E-state index in [9.17, 15) is 25.1 Å². The number of benzene rings is 2. The Morgan fingerprint density at radius 1 is 1.26 bits per heavy atom. The molecule has 4 N–H and O–H groups in total. The number of carbonyl (C=O) groups excluding carboxylic acids is 1. The van der Waals surface area contributed by atoms with Crippen molar-refractivity contribution in [1.82, 2.24) is 0 Å². The second-order valence-electron chi connectivity index (χ2n) is 5.74. The van der Waals surface area contributed by atoms with Crippen molar-refractivity contribution >= 4 is 28.3 Å². The molecule has 1 amide bonds. The predicted octanol–water partition coefficient (Wildman–Crippen LogP) is 1.47. The molecule has 9 nitrogen and oxygen atoms in total. The van der Waals surface area contributed by atoms with Crippen LogP contribution in [0.25, 0.3) is 11.0 Å². The highest BCUT2D eigenvalue weighted by atomic mass is 16.8. The molecule has 9 heteroatoms. The first-order chi connectivity index (χ1) is 12.8. The summed E-state index contributed by atoms with van der Waals surface area (Å²) in [6.45, 7) is 1.43. The van der Waals surface area contributed by atoms with Gasteiger partial charge in [-0.2, -0.15) is 5.23 Å². The monoisotopic (exact) mass is 372 g/mol. The van der Waals surface area contributed by atoms with Gasteiger partial charge in [0.15, 0.2) is 16.9 Å². The van der Waals surface area contributed by atoms with Crippen molar-refractivity contribution < 1.29 is 29.5 Å². The van der Waals surface area contributed by atoms with E-state index in [0.29, 0.717) is 5.75 Å². The van der Waals surface area contributed by atoms with Crippen LogP contribution in [0.15, 0.2) is 45.6 Å². The molecule has 27 heavy (non-hydrogen) atoms. The van der Waals surface area contributed by atoms with Crippen LogP contribution in [0.5, 0.6) is 11.5 Å². The largest absolute Gasteiger partial charge is 0.595 e. The van der Waals surface area contributed by atoms with Gasteiger partial charge in [0.05, 0.1) is 12.5 Å². The van der Waals surface area contributed by atoms with Crippen LogP contribution in [0, 0.1) is 12.1 Å². The number of hydrogen-bond acceptors (Lipinski definition) is 7. The summed E-state index contributed by atoms with van der Waals surface area (Å²) in [6.07, 6.45) is 0. The fourth-order valence-corrected chi connectivity index (χ4v) is 2.61. The van der Waals surface area contributed by atoms with Gasteiger partial charge in [0.2, 0.25) is 0 Å². The number of phenolic OH excluding ortho intramolecular Hbond substituents is 1. The maximum absolute atomic E-state index is 12.6. The lowest BCUT2D eigenvalue weighted by Crippen LogP contribution is -2.99. The summed E-state index contributed by atoms with van der Waals surface area (Å²) >= 11 is 0. The summed E-state index contributed by atoms with van der Waals surface area (Å²) in [7, 11) is 1.39. The zero-order valence-corrected chi connectivity index (χ0v) is 14.4. The van der Waals surface area contributed by atoms with E-state index in [4.69, 9.17) is 9.15 Å². The first-order valence-corrected chi connectivity index (χ1v) is 7.81. The molecule has 1 heterocycles. The zero-order chi connectivity index (χ0) is 19.7. The third kappa shape index (κ3) is 3.47. The Kier molecular flexibility index (Phi) is 4.82. The summed E-state index contributed by atoms with van der Waals surface area (Å²) in [5.41, 5.74) is -0.470. The number of methoxy groups -OCH3 is 1. The summed E-state index contributed by atoms with van der Waals surface area (Å²) in [4.78, 5) is 25.1. The van der Waals surface area contributed by atoms with Gasteiger partial charge < -0.3 is 24.8 Å². The van der Waals surface area contributed by atoms with Gasteiger partial charge in [0.25, 0.3) is 5.91 Å². The molecule has 0 aliphatic heterocycles. The van der Waals surface area contributed by atoms with Gasteiger partial charge in [-0.3, -0.25) is 9.59 Å². The van der Waals surface area contributed by atoms with Crippen molar-refractivity contribution in [3.8, 4) is 11.5 Å². The van der Waals surface area contributed by atoms with E-state index in [1.54, 1.807) is 0 Å². The van der Waals surface area contributed by atoms with Crippen molar-refractivity contribution in [2.24, 2.45) is 0 Å². The normalized spacial score (nSPS) is 12.0. The molecule has 0 radical (unpaired) electrons. The summed E-state index contributed by atoms with van der Waals surface area (Å²) < 4.78 is 10.5. The van der Waals surface area contributed by atoms with Crippen LogP contribution >= 0.6 is 0 Å². The number of amides is 1. The van der Waals surface area contributed by atoms with Crippen LogP contribution < -0.4 is 20.7 Å². The molecule has 3 rings (SSSR count). The van der Waals surface area contributed by atoms with E-state index in [1.807, 2.05) is 0 Å². The minimum absolute atomic E-state index is 0.0198. The Morgan fingerprint density at radius 3 is 2.67 bits per heavy atom. The first kappa shape index (κ1) is 18.4. The average molecular weight is 372 g/mol. The van der Waals surface area contributed by atoms with E-state index in [0.717, 1.165) is 0 Å². The van der Waals surface area contributed by atoms with Crippen LogP contribution in [-0.2, 0) is 0 Å². The average Bonchev–Trinajstić information content (AvgIpc) is 2.64. The molecular weight excluding hydrogens is 356 g/mol. The highest BCUT2D eigenvalue weighted by Gasteiger charge is 2.21. The molecule has 2 aromatic carbocycles. The summed E-state index contributed by atoms with van der Waals surface area (Å²) in [6, 6.07) is 8.10. The van der Waals surface area contributed by atoms with E-state index < -0.39 is 16.6 Å². The fourth-order valence-electron chi connectivity index (χ4n) is 2.61. The molecule has 140 valence electrons. The third-order valence-electron chi connectivity index (χ3n) is 4.01. The number of anilines is 1. The lowest BCUT2D eigenvalue weighted by atomic mass is 10.1. The van der Waals surface area contributed by atoms with E-state index >= 15 is 0 Å². The third-order valence-corrected chi connectivity index (χ3v) is 4.01. The van der Waals surface area contributed by atoms with E-state index in [1.165, 1.54) is 50.4 Å². The molecule has 0 spiro atoms. The van der Waals surface area contributed by atoms with Crippen LogP contribution in [0.4, 0.5) is 11.4 Å². The van der Waals surface area contributed by atoms with Crippen molar-refractivity contribution in [2.75, 3.05) is 12.4 Å². The first-order valence-electron chi connectivity index (χ1n) is 7.81. The Bertz CT molecular complexity index is 1090. The maximum Gasteiger partial charge on any atom is 0.291 e. The maximum atomic E-state index is 12.6. The molecule has 0 fully saturated rings. The van der Waals surface area contributed by atoms with Gasteiger partial charge in [-0.1, -0.05) is 0 Å². The van der Waals surface area contributed by atoms with E-state index in [-0.39, 0.29) is 39.4 Å². The van der Waals surface area contributed by atoms with Crippen molar-refractivity contribution in [1.29, 1.82) is 0 Å². The topological polar surface area (TPSA) is 136 Å². The lowest BCUT2D eigenvalue weighted by Gasteiger charge is -2.17. The molecule has 0 saturated carbocycles. The number of rotatable bonds is 4.